The highest BCUT2D eigenvalue weighted by molar-refractivity contribution is 5.27. The molecule has 0 aliphatic carbocycles. The Morgan fingerprint density at radius 2 is 2.06 bits per heavy atom. The van der Waals surface area contributed by atoms with Crippen LogP contribution in [0.5, 0.6) is 0 Å². The summed E-state index contributed by atoms with van der Waals surface area (Å²) in [6, 6.07) is 0. The van der Waals surface area contributed by atoms with Crippen LogP contribution in [0.25, 0.3) is 0 Å². The predicted molar refractivity (Wildman–Crippen MR) is 69.2 cm³/mol. The average Bonchev–Trinajstić information content (AvgIpc) is 2.82. The molecule has 0 aliphatic heterocycles. The Bertz CT molecular complexity index is 541. The van der Waals surface area contributed by atoms with E-state index >= 15 is 0 Å². The zero-order valence-corrected chi connectivity index (χ0v) is 11.4. The topological polar surface area (TPSA) is 55.9 Å². The van der Waals surface area contributed by atoms with Crippen molar-refractivity contribution < 1.29 is 5.11 Å². The molecule has 0 bridgehead atoms. The molecule has 1 atom stereocenters. The summed E-state index contributed by atoms with van der Waals surface area (Å²) in [6.45, 7) is 3.93. The second-order valence-electron chi connectivity index (χ2n) is 4.78. The van der Waals surface area contributed by atoms with Gasteiger partial charge in [-0.2, -0.15) is 10.2 Å². The summed E-state index contributed by atoms with van der Waals surface area (Å²) in [5.41, 5.74) is 4.05. The smallest absolute Gasteiger partial charge is 0.0829 e. The Labute approximate surface area is 107 Å². The third kappa shape index (κ3) is 2.46. The maximum absolute atomic E-state index is 10.3. The van der Waals surface area contributed by atoms with Gasteiger partial charge < -0.3 is 5.11 Å². The molecule has 2 rings (SSSR count). The van der Waals surface area contributed by atoms with Gasteiger partial charge >= 0.3 is 0 Å². The zero-order valence-electron chi connectivity index (χ0n) is 11.4. The lowest BCUT2D eigenvalue weighted by Crippen LogP contribution is -2.03. The quantitative estimate of drug-likeness (QED) is 0.890. The summed E-state index contributed by atoms with van der Waals surface area (Å²) in [5, 5.41) is 18.7. The molecule has 98 valence electrons. The molecular formula is C13H20N4O. The standard InChI is InChI=1S/C13H20N4O/c1-9-13(10(2)17(4)15-9)12(18)6-5-11-7-14-16(3)8-11/h7-8,12,18H,5-6H2,1-4H3. The fourth-order valence-electron chi connectivity index (χ4n) is 2.32. The minimum atomic E-state index is -0.459. The van der Waals surface area contributed by atoms with E-state index in [0.717, 1.165) is 28.9 Å². The van der Waals surface area contributed by atoms with Gasteiger partial charge in [0.15, 0.2) is 0 Å². The fourth-order valence-corrected chi connectivity index (χ4v) is 2.32. The molecule has 5 heteroatoms. The van der Waals surface area contributed by atoms with E-state index in [1.54, 1.807) is 4.68 Å². The van der Waals surface area contributed by atoms with Crippen molar-refractivity contribution >= 4 is 0 Å². The van der Waals surface area contributed by atoms with Crippen LogP contribution in [0, 0.1) is 13.8 Å². The molecule has 18 heavy (non-hydrogen) atoms. The molecule has 2 heterocycles. The van der Waals surface area contributed by atoms with Crippen LogP contribution < -0.4 is 0 Å². The summed E-state index contributed by atoms with van der Waals surface area (Å²) in [5.74, 6) is 0. The number of hydrogen-bond acceptors (Lipinski definition) is 3. The highest BCUT2D eigenvalue weighted by Crippen LogP contribution is 2.24. The van der Waals surface area contributed by atoms with Crippen molar-refractivity contribution in [1.82, 2.24) is 19.6 Å². The number of nitrogens with zero attached hydrogens (tertiary/aromatic N) is 4. The maximum atomic E-state index is 10.3. The molecule has 2 aromatic heterocycles. The van der Waals surface area contributed by atoms with E-state index in [1.807, 2.05) is 45.0 Å². The van der Waals surface area contributed by atoms with Crippen LogP contribution in [0.4, 0.5) is 0 Å². The molecule has 5 nitrogen and oxygen atoms in total. The van der Waals surface area contributed by atoms with Gasteiger partial charge in [0.05, 0.1) is 18.0 Å². The summed E-state index contributed by atoms with van der Waals surface area (Å²) < 4.78 is 3.60. The summed E-state index contributed by atoms with van der Waals surface area (Å²) in [7, 11) is 3.80. The molecular weight excluding hydrogens is 228 g/mol. The largest absolute Gasteiger partial charge is 0.388 e. The third-order valence-electron chi connectivity index (χ3n) is 3.36. The number of aryl methyl sites for hydroxylation is 4. The van der Waals surface area contributed by atoms with E-state index in [0.29, 0.717) is 6.42 Å². The summed E-state index contributed by atoms with van der Waals surface area (Å²) in [6.07, 6.45) is 4.88. The van der Waals surface area contributed by atoms with E-state index in [1.165, 1.54) is 0 Å². The molecule has 0 saturated carbocycles. The van der Waals surface area contributed by atoms with E-state index < -0.39 is 6.10 Å². The highest BCUT2D eigenvalue weighted by atomic mass is 16.3. The Morgan fingerprint density at radius 3 is 2.56 bits per heavy atom. The average molecular weight is 248 g/mol. The first-order valence-corrected chi connectivity index (χ1v) is 6.14. The van der Waals surface area contributed by atoms with Crippen LogP contribution in [-0.2, 0) is 20.5 Å². The first-order valence-electron chi connectivity index (χ1n) is 6.14. The van der Waals surface area contributed by atoms with Crippen LogP contribution in [0.2, 0.25) is 0 Å². The van der Waals surface area contributed by atoms with Gasteiger partial charge in [-0.05, 0) is 32.3 Å². The number of rotatable bonds is 4. The predicted octanol–water partition coefficient (Wildman–Crippen LogP) is 1.44. The third-order valence-corrected chi connectivity index (χ3v) is 3.36. The lowest BCUT2D eigenvalue weighted by molar-refractivity contribution is 0.166. The second-order valence-corrected chi connectivity index (χ2v) is 4.78. The minimum absolute atomic E-state index is 0.459. The first-order chi connectivity index (χ1) is 8.49. The maximum Gasteiger partial charge on any atom is 0.0829 e. The van der Waals surface area contributed by atoms with Gasteiger partial charge in [-0.1, -0.05) is 0 Å². The lowest BCUT2D eigenvalue weighted by Gasteiger charge is -2.10. The number of hydrogen-bond donors (Lipinski definition) is 1. The van der Waals surface area contributed by atoms with Crippen LogP contribution in [0.15, 0.2) is 12.4 Å². The molecule has 0 saturated heterocycles. The van der Waals surface area contributed by atoms with Crippen molar-refractivity contribution in [2.24, 2.45) is 14.1 Å². The number of aliphatic hydroxyl groups excluding tert-OH is 1. The van der Waals surface area contributed by atoms with Gasteiger partial charge in [-0.3, -0.25) is 9.36 Å². The van der Waals surface area contributed by atoms with Crippen LogP contribution in [0.3, 0.4) is 0 Å². The monoisotopic (exact) mass is 248 g/mol. The molecule has 0 fully saturated rings. The molecule has 2 aromatic rings. The van der Waals surface area contributed by atoms with E-state index in [4.69, 9.17) is 0 Å². The van der Waals surface area contributed by atoms with Crippen molar-refractivity contribution in [2.45, 2.75) is 32.8 Å². The molecule has 1 unspecified atom stereocenters. The molecule has 0 aromatic carbocycles. The molecule has 1 N–H and O–H groups in total. The van der Waals surface area contributed by atoms with Crippen molar-refractivity contribution in [2.75, 3.05) is 0 Å². The Morgan fingerprint density at radius 1 is 1.33 bits per heavy atom. The van der Waals surface area contributed by atoms with Gasteiger partial charge in [0.1, 0.15) is 0 Å². The number of aliphatic hydroxyl groups is 1. The SMILES string of the molecule is Cc1nn(C)c(C)c1C(O)CCc1cnn(C)c1. The molecule has 0 aliphatic rings. The van der Waals surface area contributed by atoms with Gasteiger partial charge in [-0.25, -0.2) is 0 Å². The van der Waals surface area contributed by atoms with E-state index in [2.05, 4.69) is 10.2 Å². The fraction of sp³-hybridized carbons (Fsp3) is 0.538. The van der Waals surface area contributed by atoms with Crippen molar-refractivity contribution in [3.63, 3.8) is 0 Å². The second kappa shape index (κ2) is 4.94. The molecule has 0 spiro atoms. The van der Waals surface area contributed by atoms with Crippen molar-refractivity contribution in [3.05, 3.63) is 34.9 Å². The Kier molecular flexibility index (Phi) is 3.52. The van der Waals surface area contributed by atoms with E-state index in [-0.39, 0.29) is 0 Å². The molecule has 0 radical (unpaired) electrons. The minimum Gasteiger partial charge on any atom is -0.388 e. The zero-order chi connectivity index (χ0) is 13.3. The Hall–Kier alpha value is -1.62. The highest BCUT2D eigenvalue weighted by Gasteiger charge is 2.17. The molecule has 0 amide bonds. The van der Waals surface area contributed by atoms with E-state index in [9.17, 15) is 5.11 Å². The Balaban J connectivity index is 2.05. The summed E-state index contributed by atoms with van der Waals surface area (Å²) in [4.78, 5) is 0. The van der Waals surface area contributed by atoms with Gasteiger partial charge in [0.2, 0.25) is 0 Å². The van der Waals surface area contributed by atoms with Crippen LogP contribution >= 0.6 is 0 Å². The van der Waals surface area contributed by atoms with Gasteiger partial charge in [0, 0.05) is 31.5 Å². The van der Waals surface area contributed by atoms with Crippen LogP contribution in [0.1, 0.15) is 35.0 Å². The lowest BCUT2D eigenvalue weighted by atomic mass is 10.0. The van der Waals surface area contributed by atoms with Crippen molar-refractivity contribution in [1.29, 1.82) is 0 Å². The number of aromatic nitrogens is 4. The van der Waals surface area contributed by atoms with Gasteiger partial charge in [0.25, 0.3) is 0 Å². The summed E-state index contributed by atoms with van der Waals surface area (Å²) >= 11 is 0. The normalized spacial score (nSPS) is 12.9. The van der Waals surface area contributed by atoms with Crippen LogP contribution in [-0.4, -0.2) is 24.7 Å². The first kappa shape index (κ1) is 12.8. The van der Waals surface area contributed by atoms with Crippen molar-refractivity contribution in [3.8, 4) is 0 Å². The van der Waals surface area contributed by atoms with Gasteiger partial charge in [-0.15, -0.1) is 0 Å².